The van der Waals surface area contributed by atoms with Crippen molar-refractivity contribution in [2.45, 2.75) is 19.8 Å². The maximum absolute atomic E-state index is 11.6. The van der Waals surface area contributed by atoms with Crippen molar-refractivity contribution in [3.63, 3.8) is 0 Å². The van der Waals surface area contributed by atoms with Crippen LogP contribution in [0.4, 0.5) is 0 Å². The Morgan fingerprint density at radius 1 is 1.47 bits per heavy atom. The van der Waals surface area contributed by atoms with Gasteiger partial charge in [0.2, 0.25) is 0 Å². The molecule has 1 aromatic rings. The molecule has 0 aliphatic heterocycles. The molecule has 1 aromatic heterocycles. The van der Waals surface area contributed by atoms with Gasteiger partial charge in [-0.25, -0.2) is 0 Å². The number of amides is 1. The van der Waals surface area contributed by atoms with E-state index in [0.717, 1.165) is 23.9 Å². The molecule has 0 bridgehead atoms. The van der Waals surface area contributed by atoms with Crippen molar-refractivity contribution < 1.29 is 13.9 Å². The molecule has 4 nitrogen and oxygen atoms in total. The molecule has 1 amide bonds. The average Bonchev–Trinajstić information content (AvgIpc) is 2.82. The van der Waals surface area contributed by atoms with Gasteiger partial charge in [-0.3, -0.25) is 4.79 Å². The predicted molar refractivity (Wildman–Crippen MR) is 69.6 cm³/mol. The fourth-order valence-electron chi connectivity index (χ4n) is 1.31. The summed E-state index contributed by atoms with van der Waals surface area (Å²) >= 11 is 3.27. The Bertz CT molecular complexity index is 338. The van der Waals surface area contributed by atoms with Crippen LogP contribution in [-0.4, -0.2) is 31.0 Å². The molecule has 0 aliphatic rings. The quantitative estimate of drug-likeness (QED) is 0.592. The number of rotatable bonds is 8. The lowest BCUT2D eigenvalue weighted by molar-refractivity contribution is 0.0915. The van der Waals surface area contributed by atoms with Gasteiger partial charge in [0, 0.05) is 24.9 Å². The number of carbonyl (C=O) groups is 1. The molecule has 0 fully saturated rings. The third kappa shape index (κ3) is 5.37. The van der Waals surface area contributed by atoms with Gasteiger partial charge in [0.05, 0.1) is 6.61 Å². The monoisotopic (exact) mass is 303 g/mol. The Kier molecular flexibility index (Phi) is 6.96. The van der Waals surface area contributed by atoms with Gasteiger partial charge in [0.1, 0.15) is 5.76 Å². The molecule has 0 saturated heterocycles. The van der Waals surface area contributed by atoms with Crippen LogP contribution in [0.3, 0.4) is 0 Å². The first-order chi connectivity index (χ1) is 8.27. The molecule has 0 unspecified atom stereocenters. The number of furan rings is 1. The highest BCUT2D eigenvalue weighted by Gasteiger charge is 2.09. The number of aryl methyl sites for hydroxylation is 1. The number of hydrogen-bond acceptors (Lipinski definition) is 3. The summed E-state index contributed by atoms with van der Waals surface area (Å²) in [5.74, 6) is 1.05. The molecule has 17 heavy (non-hydrogen) atoms. The highest BCUT2D eigenvalue weighted by atomic mass is 79.9. The van der Waals surface area contributed by atoms with Gasteiger partial charge in [0.25, 0.3) is 5.91 Å². The maximum atomic E-state index is 11.6. The van der Waals surface area contributed by atoms with Crippen LogP contribution in [0.2, 0.25) is 0 Å². The van der Waals surface area contributed by atoms with Crippen LogP contribution in [0.15, 0.2) is 16.5 Å². The molecule has 1 heterocycles. The second-order valence-corrected chi connectivity index (χ2v) is 4.32. The first-order valence-electron chi connectivity index (χ1n) is 5.78. The summed E-state index contributed by atoms with van der Waals surface area (Å²) in [4.78, 5) is 11.6. The largest absolute Gasteiger partial charge is 0.456 e. The maximum Gasteiger partial charge on any atom is 0.286 e. The molecule has 0 saturated carbocycles. The smallest absolute Gasteiger partial charge is 0.286 e. The first-order valence-corrected chi connectivity index (χ1v) is 6.90. The zero-order valence-corrected chi connectivity index (χ0v) is 11.6. The molecule has 5 heteroatoms. The molecule has 1 rings (SSSR count). The Labute approximate surface area is 110 Å². The van der Waals surface area contributed by atoms with E-state index in [-0.39, 0.29) is 5.91 Å². The van der Waals surface area contributed by atoms with Gasteiger partial charge in [-0.15, -0.1) is 0 Å². The van der Waals surface area contributed by atoms with Crippen molar-refractivity contribution in [1.82, 2.24) is 5.32 Å². The Hall–Kier alpha value is -0.810. The van der Waals surface area contributed by atoms with Crippen LogP contribution < -0.4 is 5.32 Å². The Morgan fingerprint density at radius 3 is 2.94 bits per heavy atom. The van der Waals surface area contributed by atoms with Crippen LogP contribution in [-0.2, 0) is 11.2 Å². The molecule has 0 radical (unpaired) electrons. The fraction of sp³-hybridized carbons (Fsp3) is 0.583. The van der Waals surface area contributed by atoms with Crippen molar-refractivity contribution in [3.05, 3.63) is 23.7 Å². The summed E-state index contributed by atoms with van der Waals surface area (Å²) in [6.07, 6.45) is 1.60. The summed E-state index contributed by atoms with van der Waals surface area (Å²) < 4.78 is 10.6. The molecule has 0 atom stereocenters. The average molecular weight is 304 g/mol. The van der Waals surface area contributed by atoms with E-state index >= 15 is 0 Å². The van der Waals surface area contributed by atoms with E-state index < -0.39 is 0 Å². The van der Waals surface area contributed by atoms with E-state index in [4.69, 9.17) is 9.15 Å². The highest BCUT2D eigenvalue weighted by molar-refractivity contribution is 9.09. The second-order valence-electron chi connectivity index (χ2n) is 3.53. The van der Waals surface area contributed by atoms with Crippen molar-refractivity contribution in [3.8, 4) is 0 Å². The zero-order valence-electron chi connectivity index (χ0n) is 10.0. The molecular formula is C12H18BrNO3. The van der Waals surface area contributed by atoms with Crippen LogP contribution in [0, 0.1) is 0 Å². The number of carbonyl (C=O) groups excluding carboxylic acids is 1. The minimum atomic E-state index is -0.162. The van der Waals surface area contributed by atoms with Gasteiger partial charge < -0.3 is 14.5 Å². The standard InChI is InChI=1S/C12H18BrNO3/c1-2-10-4-5-11(17-10)12(15)14-7-3-8-16-9-6-13/h4-5H,2-3,6-9H2,1H3,(H,14,15). The van der Waals surface area contributed by atoms with Crippen LogP contribution in [0.5, 0.6) is 0 Å². The molecule has 1 N–H and O–H groups in total. The third-order valence-electron chi connectivity index (χ3n) is 2.21. The lowest BCUT2D eigenvalue weighted by Gasteiger charge is -2.03. The van der Waals surface area contributed by atoms with Crippen molar-refractivity contribution >= 4 is 21.8 Å². The minimum absolute atomic E-state index is 0.162. The van der Waals surface area contributed by atoms with E-state index in [1.807, 2.05) is 13.0 Å². The van der Waals surface area contributed by atoms with Crippen molar-refractivity contribution in [2.75, 3.05) is 25.1 Å². The van der Waals surface area contributed by atoms with E-state index in [0.29, 0.717) is 25.5 Å². The molecule has 0 spiro atoms. The van der Waals surface area contributed by atoms with E-state index in [9.17, 15) is 4.79 Å². The van der Waals surface area contributed by atoms with Crippen LogP contribution in [0.1, 0.15) is 29.7 Å². The summed E-state index contributed by atoms with van der Waals surface area (Å²) in [5.41, 5.74) is 0. The lowest BCUT2D eigenvalue weighted by atomic mass is 10.3. The topological polar surface area (TPSA) is 51.5 Å². The number of halogens is 1. The van der Waals surface area contributed by atoms with Gasteiger partial charge >= 0.3 is 0 Å². The van der Waals surface area contributed by atoms with Crippen molar-refractivity contribution in [2.24, 2.45) is 0 Å². The third-order valence-corrected chi connectivity index (χ3v) is 2.53. The SMILES string of the molecule is CCc1ccc(C(=O)NCCCOCCBr)o1. The molecule has 96 valence electrons. The van der Waals surface area contributed by atoms with Crippen LogP contribution >= 0.6 is 15.9 Å². The van der Waals surface area contributed by atoms with E-state index in [1.165, 1.54) is 0 Å². The van der Waals surface area contributed by atoms with E-state index in [1.54, 1.807) is 6.07 Å². The second kappa shape index (κ2) is 8.31. The lowest BCUT2D eigenvalue weighted by Crippen LogP contribution is -2.24. The van der Waals surface area contributed by atoms with Gasteiger partial charge in [-0.05, 0) is 18.6 Å². The highest BCUT2D eigenvalue weighted by Crippen LogP contribution is 2.07. The number of ether oxygens (including phenoxy) is 1. The Balaban J connectivity index is 2.16. The van der Waals surface area contributed by atoms with E-state index in [2.05, 4.69) is 21.2 Å². The van der Waals surface area contributed by atoms with Crippen molar-refractivity contribution in [1.29, 1.82) is 0 Å². The van der Waals surface area contributed by atoms with Crippen LogP contribution in [0.25, 0.3) is 0 Å². The minimum Gasteiger partial charge on any atom is -0.456 e. The summed E-state index contributed by atoms with van der Waals surface area (Å²) in [7, 11) is 0. The van der Waals surface area contributed by atoms with Gasteiger partial charge in [-0.2, -0.15) is 0 Å². The predicted octanol–water partition coefficient (Wildman–Crippen LogP) is 2.37. The van der Waals surface area contributed by atoms with Gasteiger partial charge in [-0.1, -0.05) is 22.9 Å². The van der Waals surface area contributed by atoms with Gasteiger partial charge in [0.15, 0.2) is 5.76 Å². The molecular weight excluding hydrogens is 286 g/mol. The Morgan fingerprint density at radius 2 is 2.29 bits per heavy atom. The normalized spacial score (nSPS) is 10.5. The fourth-order valence-corrected chi connectivity index (χ4v) is 1.54. The summed E-state index contributed by atoms with van der Waals surface area (Å²) in [6, 6.07) is 3.53. The number of alkyl halides is 1. The molecule has 0 aromatic carbocycles. The number of nitrogens with one attached hydrogen (secondary N) is 1. The summed E-state index contributed by atoms with van der Waals surface area (Å²) in [6.45, 7) is 3.95. The first kappa shape index (κ1) is 14.3. The number of hydrogen-bond donors (Lipinski definition) is 1. The zero-order chi connectivity index (χ0) is 12.5. The summed E-state index contributed by atoms with van der Waals surface area (Å²) in [5, 5.41) is 3.63. The molecule has 0 aliphatic carbocycles.